The number of aromatic nitrogens is 7. The van der Waals surface area contributed by atoms with E-state index >= 15 is 0 Å². The molecule has 2 aliphatic carbocycles. The Hall–Kier alpha value is -3.36. The van der Waals surface area contributed by atoms with Crippen molar-refractivity contribution < 1.29 is 0 Å². The smallest absolute Gasteiger partial charge is 0.221 e. The van der Waals surface area contributed by atoms with E-state index in [4.69, 9.17) is 4.98 Å². The molecule has 1 aliphatic heterocycles. The van der Waals surface area contributed by atoms with Crippen LogP contribution in [-0.4, -0.2) is 47.6 Å². The highest BCUT2D eigenvalue weighted by Crippen LogP contribution is 2.43. The molecule has 140 valence electrons. The van der Waals surface area contributed by atoms with Gasteiger partial charge in [-0.05, 0) is 60.6 Å². The van der Waals surface area contributed by atoms with Crippen molar-refractivity contribution in [1.29, 1.82) is 0 Å². The van der Waals surface area contributed by atoms with Crippen molar-refractivity contribution in [2.24, 2.45) is 5.10 Å². The number of tetrazole rings is 1. The number of nitrogens with one attached hydrogen (secondary N) is 3. The number of hydrazone groups is 1. The minimum Gasteiger partial charge on any atom is -0.302 e. The van der Waals surface area contributed by atoms with E-state index in [1.165, 1.54) is 29.5 Å². The van der Waals surface area contributed by atoms with E-state index in [-0.39, 0.29) is 12.0 Å². The molecule has 2 atom stereocenters. The number of fused-ring (bicyclic) bond motifs is 5. The minimum absolute atomic E-state index is 0.0523. The van der Waals surface area contributed by atoms with Crippen molar-refractivity contribution in [3.8, 4) is 11.3 Å². The summed E-state index contributed by atoms with van der Waals surface area (Å²) in [7, 11) is 0. The number of hydrogen-bond acceptors (Lipinski definition) is 7. The lowest BCUT2D eigenvalue weighted by molar-refractivity contribution is 0.617. The molecule has 3 N–H and O–H groups in total. The molecule has 2 unspecified atom stereocenters. The predicted molar refractivity (Wildman–Crippen MR) is 103 cm³/mol. The molecular weight excluding hydrogens is 354 g/mol. The largest absolute Gasteiger partial charge is 0.302 e. The van der Waals surface area contributed by atoms with Crippen LogP contribution in [0.2, 0.25) is 0 Å². The molecule has 0 saturated carbocycles. The second-order valence-electron chi connectivity index (χ2n) is 7.56. The van der Waals surface area contributed by atoms with Gasteiger partial charge >= 0.3 is 0 Å². The van der Waals surface area contributed by atoms with Crippen LogP contribution < -0.4 is 5.43 Å². The summed E-state index contributed by atoms with van der Waals surface area (Å²) in [5.41, 5.74) is 12.3. The summed E-state index contributed by atoms with van der Waals surface area (Å²) in [6.07, 6.45) is 10.6. The lowest BCUT2D eigenvalue weighted by atomic mass is 9.75. The van der Waals surface area contributed by atoms with E-state index in [9.17, 15) is 0 Å². The maximum Gasteiger partial charge on any atom is 0.221 e. The Morgan fingerprint density at radius 3 is 2.82 bits per heavy atom. The summed E-state index contributed by atoms with van der Waals surface area (Å²) in [6, 6.07) is 0.0929. The quantitative estimate of drug-likeness (QED) is 0.628. The second-order valence-corrected chi connectivity index (χ2v) is 7.56. The molecule has 9 heteroatoms. The van der Waals surface area contributed by atoms with E-state index in [2.05, 4.69) is 53.5 Å². The van der Waals surface area contributed by atoms with Crippen LogP contribution in [0.5, 0.6) is 0 Å². The number of nitrogens with zero attached hydrogens (tertiary/aromatic N) is 6. The van der Waals surface area contributed by atoms with Gasteiger partial charge in [0.1, 0.15) is 5.71 Å². The van der Waals surface area contributed by atoms with Crippen LogP contribution in [0.1, 0.15) is 52.7 Å². The Kier molecular flexibility index (Phi) is 3.26. The summed E-state index contributed by atoms with van der Waals surface area (Å²) in [4.78, 5) is 5.11. The molecular formula is C19H19N9. The first-order valence-electron chi connectivity index (χ1n) is 9.62. The Morgan fingerprint density at radius 1 is 1.14 bits per heavy atom. The third-order valence-electron chi connectivity index (χ3n) is 6.01. The van der Waals surface area contributed by atoms with Gasteiger partial charge in [-0.25, -0.2) is 4.98 Å². The SMILES string of the molecule is Cc1[nH]ncc1-c1nc2c(c3c1CCCC3)C1C(c3nn[nH]n3)=NNC1C=C2. The zero-order valence-corrected chi connectivity index (χ0v) is 15.4. The van der Waals surface area contributed by atoms with E-state index in [0.717, 1.165) is 41.2 Å². The molecule has 0 fully saturated rings. The van der Waals surface area contributed by atoms with Crippen LogP contribution >= 0.6 is 0 Å². The fourth-order valence-electron chi connectivity index (χ4n) is 4.74. The number of aryl methyl sites for hydroxylation is 1. The maximum atomic E-state index is 5.11. The highest BCUT2D eigenvalue weighted by molar-refractivity contribution is 6.05. The monoisotopic (exact) mass is 373 g/mol. The molecule has 4 heterocycles. The van der Waals surface area contributed by atoms with Gasteiger partial charge in [0.2, 0.25) is 5.82 Å². The van der Waals surface area contributed by atoms with Crippen LogP contribution in [0.25, 0.3) is 17.3 Å². The number of rotatable bonds is 2. The van der Waals surface area contributed by atoms with Gasteiger partial charge in [0.25, 0.3) is 0 Å². The summed E-state index contributed by atoms with van der Waals surface area (Å²) in [5, 5.41) is 26.4. The fraction of sp³-hybridized carbons (Fsp3) is 0.368. The van der Waals surface area contributed by atoms with Gasteiger partial charge in [0.15, 0.2) is 0 Å². The van der Waals surface area contributed by atoms with E-state index in [1.807, 2.05) is 13.1 Å². The first-order chi connectivity index (χ1) is 13.8. The molecule has 3 aromatic heterocycles. The topological polar surface area (TPSA) is 120 Å². The Balaban J connectivity index is 1.59. The van der Waals surface area contributed by atoms with Crippen molar-refractivity contribution in [2.45, 2.75) is 44.6 Å². The Labute approximate surface area is 160 Å². The fourth-order valence-corrected chi connectivity index (χ4v) is 4.74. The molecule has 3 aliphatic rings. The molecule has 6 rings (SSSR count). The first kappa shape index (κ1) is 15.7. The van der Waals surface area contributed by atoms with Gasteiger partial charge in [-0.15, -0.1) is 10.2 Å². The summed E-state index contributed by atoms with van der Waals surface area (Å²) >= 11 is 0. The summed E-state index contributed by atoms with van der Waals surface area (Å²) in [6.45, 7) is 2.05. The maximum absolute atomic E-state index is 5.11. The van der Waals surface area contributed by atoms with Crippen molar-refractivity contribution in [3.05, 3.63) is 46.2 Å². The normalized spacial score (nSPS) is 22.2. The van der Waals surface area contributed by atoms with Crippen LogP contribution in [0.3, 0.4) is 0 Å². The van der Waals surface area contributed by atoms with Gasteiger partial charge in [0.05, 0.1) is 29.5 Å². The third-order valence-corrected chi connectivity index (χ3v) is 6.01. The van der Waals surface area contributed by atoms with Crippen LogP contribution in [0.15, 0.2) is 17.4 Å². The van der Waals surface area contributed by atoms with Gasteiger partial charge in [-0.3, -0.25) is 5.10 Å². The first-order valence-corrected chi connectivity index (χ1v) is 9.62. The molecule has 0 amide bonds. The van der Waals surface area contributed by atoms with E-state index < -0.39 is 0 Å². The zero-order chi connectivity index (χ0) is 18.7. The molecule has 9 nitrogen and oxygen atoms in total. The van der Waals surface area contributed by atoms with Crippen molar-refractivity contribution in [1.82, 2.24) is 41.2 Å². The highest BCUT2D eigenvalue weighted by Gasteiger charge is 2.41. The van der Waals surface area contributed by atoms with Crippen molar-refractivity contribution in [2.75, 3.05) is 0 Å². The van der Waals surface area contributed by atoms with Gasteiger partial charge < -0.3 is 5.43 Å². The van der Waals surface area contributed by atoms with E-state index in [0.29, 0.717) is 5.82 Å². The Bertz CT molecular complexity index is 1120. The van der Waals surface area contributed by atoms with Gasteiger partial charge in [-0.2, -0.15) is 15.4 Å². The summed E-state index contributed by atoms with van der Waals surface area (Å²) in [5.74, 6) is 0.594. The molecule has 3 aromatic rings. The molecule has 0 saturated heterocycles. The lowest BCUT2D eigenvalue weighted by Gasteiger charge is -2.30. The zero-order valence-electron chi connectivity index (χ0n) is 15.4. The second kappa shape index (κ2) is 5.82. The minimum atomic E-state index is 0.0523. The van der Waals surface area contributed by atoms with Gasteiger partial charge in [0, 0.05) is 11.3 Å². The third kappa shape index (κ3) is 2.12. The molecule has 0 bridgehead atoms. The molecule has 0 spiro atoms. The van der Waals surface area contributed by atoms with Crippen molar-refractivity contribution in [3.63, 3.8) is 0 Å². The molecule has 28 heavy (non-hydrogen) atoms. The standard InChI is InChI=1S/C19H19N9/c1-9-12(8-20-22-9)17-11-5-3-2-4-10(11)15-13(21-17)6-7-14-16(15)18(24-23-14)19-25-27-28-26-19/h6-8,14,16,23H,2-5H2,1H3,(H,20,22)(H,25,26,27,28). The Morgan fingerprint density at radius 2 is 2.04 bits per heavy atom. The predicted octanol–water partition coefficient (Wildman–Crippen LogP) is 1.66. The van der Waals surface area contributed by atoms with Crippen molar-refractivity contribution >= 4 is 11.8 Å². The average Bonchev–Trinajstić information content (AvgIpc) is 3.47. The highest BCUT2D eigenvalue weighted by atomic mass is 15.5. The van der Waals surface area contributed by atoms with Crippen LogP contribution in [-0.2, 0) is 12.8 Å². The van der Waals surface area contributed by atoms with Crippen LogP contribution in [0, 0.1) is 6.92 Å². The molecule has 0 radical (unpaired) electrons. The lowest BCUT2D eigenvalue weighted by Crippen LogP contribution is -2.31. The van der Waals surface area contributed by atoms with E-state index in [1.54, 1.807) is 0 Å². The number of aromatic amines is 2. The number of hydrogen-bond donors (Lipinski definition) is 3. The summed E-state index contributed by atoms with van der Waals surface area (Å²) < 4.78 is 0. The van der Waals surface area contributed by atoms with Gasteiger partial charge in [-0.1, -0.05) is 6.08 Å². The average molecular weight is 373 g/mol. The number of pyridine rings is 1. The molecule has 0 aromatic carbocycles. The number of H-pyrrole nitrogens is 2. The van der Waals surface area contributed by atoms with Crippen LogP contribution in [0.4, 0.5) is 0 Å².